The molecule has 0 radical (unpaired) electrons. The molecule has 6 heteroatoms. The Balaban J connectivity index is 2.46. The third-order valence-corrected chi connectivity index (χ3v) is 4.35. The van der Waals surface area contributed by atoms with Gasteiger partial charge in [-0.05, 0) is 18.4 Å². The minimum Gasteiger partial charge on any atom is -0.465 e. The van der Waals surface area contributed by atoms with Gasteiger partial charge >= 0.3 is 5.97 Å². The van der Waals surface area contributed by atoms with Crippen LogP contribution >= 0.6 is 34.3 Å². The van der Waals surface area contributed by atoms with Crippen molar-refractivity contribution in [3.63, 3.8) is 0 Å². The molecule has 2 aromatic rings. The molecule has 0 fully saturated rings. The second-order valence-corrected chi connectivity index (χ2v) is 5.50. The monoisotopic (exact) mass is 273 g/mol. The van der Waals surface area contributed by atoms with E-state index >= 15 is 0 Å². The summed E-state index contributed by atoms with van der Waals surface area (Å²) in [4.78, 5) is 17.0. The van der Waals surface area contributed by atoms with Crippen molar-refractivity contribution >= 4 is 40.2 Å². The summed E-state index contributed by atoms with van der Waals surface area (Å²) in [7, 11) is 1.33. The van der Waals surface area contributed by atoms with E-state index in [0.717, 1.165) is 15.4 Å². The third-order valence-electron chi connectivity index (χ3n) is 2.05. The molecule has 0 bridgehead atoms. The van der Waals surface area contributed by atoms with E-state index in [-0.39, 0.29) is 5.15 Å². The highest BCUT2D eigenvalue weighted by molar-refractivity contribution is 7.18. The van der Waals surface area contributed by atoms with Gasteiger partial charge in [0.05, 0.1) is 7.11 Å². The van der Waals surface area contributed by atoms with Gasteiger partial charge in [-0.1, -0.05) is 11.6 Å². The van der Waals surface area contributed by atoms with Crippen molar-refractivity contribution in [2.75, 3.05) is 7.11 Å². The van der Waals surface area contributed by atoms with Crippen LogP contribution < -0.4 is 0 Å². The summed E-state index contributed by atoms with van der Waals surface area (Å²) in [6.45, 7) is 2.01. The maximum atomic E-state index is 11.4. The lowest BCUT2D eigenvalue weighted by Crippen LogP contribution is -1.98. The number of nitrogens with zero attached hydrogens (tertiary/aromatic N) is 1. The van der Waals surface area contributed by atoms with E-state index in [4.69, 9.17) is 11.6 Å². The summed E-state index contributed by atoms with van der Waals surface area (Å²) in [5, 5.41) is 2.94. The van der Waals surface area contributed by atoms with Crippen molar-refractivity contribution in [1.29, 1.82) is 0 Å². The van der Waals surface area contributed by atoms with Crippen molar-refractivity contribution in [3.8, 4) is 10.6 Å². The molecule has 3 nitrogen and oxygen atoms in total. The quantitative estimate of drug-likeness (QED) is 0.785. The Labute approximate surface area is 106 Å². The lowest BCUT2D eigenvalue weighted by molar-refractivity contribution is 0.0606. The molecular weight excluding hydrogens is 266 g/mol. The van der Waals surface area contributed by atoms with E-state index in [1.165, 1.54) is 18.4 Å². The number of halogens is 1. The summed E-state index contributed by atoms with van der Waals surface area (Å²) < 4.78 is 4.63. The lowest BCUT2D eigenvalue weighted by Gasteiger charge is -1.93. The molecule has 16 heavy (non-hydrogen) atoms. The van der Waals surface area contributed by atoms with Crippen LogP contribution in [0.25, 0.3) is 10.6 Å². The number of rotatable bonds is 2. The molecule has 2 heterocycles. The maximum absolute atomic E-state index is 11.4. The second-order valence-electron chi connectivity index (χ2n) is 3.02. The molecular formula is C10H8ClNO2S2. The number of aryl methyl sites for hydroxylation is 1. The van der Waals surface area contributed by atoms with Crippen LogP contribution in [0.1, 0.15) is 14.5 Å². The molecule has 0 aliphatic heterocycles. The summed E-state index contributed by atoms with van der Waals surface area (Å²) in [5.74, 6) is -0.443. The van der Waals surface area contributed by atoms with E-state index in [2.05, 4.69) is 9.72 Å². The van der Waals surface area contributed by atoms with Gasteiger partial charge in [0, 0.05) is 10.4 Å². The Hall–Kier alpha value is -0.910. The van der Waals surface area contributed by atoms with E-state index < -0.39 is 5.97 Å². The SMILES string of the molecule is COC(=O)c1sc(-c2ccsc2C)nc1Cl. The topological polar surface area (TPSA) is 39.2 Å². The number of esters is 1. The van der Waals surface area contributed by atoms with Gasteiger partial charge in [0.1, 0.15) is 5.01 Å². The number of carbonyl (C=O) groups excluding carboxylic acids is 1. The molecule has 0 aromatic carbocycles. The van der Waals surface area contributed by atoms with E-state index in [0.29, 0.717) is 4.88 Å². The molecule has 2 rings (SSSR count). The highest BCUT2D eigenvalue weighted by atomic mass is 35.5. The van der Waals surface area contributed by atoms with Gasteiger partial charge in [0.15, 0.2) is 10.0 Å². The number of methoxy groups -OCH3 is 1. The average molecular weight is 274 g/mol. The number of hydrogen-bond acceptors (Lipinski definition) is 5. The van der Waals surface area contributed by atoms with Crippen LogP contribution in [0.15, 0.2) is 11.4 Å². The highest BCUT2D eigenvalue weighted by Crippen LogP contribution is 2.34. The zero-order valence-corrected chi connectivity index (χ0v) is 11.0. The van der Waals surface area contributed by atoms with Crippen LogP contribution in [0.5, 0.6) is 0 Å². The minimum absolute atomic E-state index is 0.206. The largest absolute Gasteiger partial charge is 0.465 e. The molecule has 84 valence electrons. The van der Waals surface area contributed by atoms with Crippen molar-refractivity contribution in [2.45, 2.75) is 6.92 Å². The first kappa shape index (κ1) is 11.6. The summed E-state index contributed by atoms with van der Waals surface area (Å²) >= 11 is 8.78. The van der Waals surface area contributed by atoms with Gasteiger partial charge in [-0.25, -0.2) is 9.78 Å². The first-order valence-corrected chi connectivity index (χ1v) is 6.50. The van der Waals surface area contributed by atoms with Gasteiger partial charge in [-0.2, -0.15) is 0 Å². The van der Waals surface area contributed by atoms with Crippen molar-refractivity contribution in [2.24, 2.45) is 0 Å². The molecule has 0 unspecified atom stereocenters. The van der Waals surface area contributed by atoms with Crippen LogP contribution in [0.3, 0.4) is 0 Å². The summed E-state index contributed by atoms with van der Waals surface area (Å²) in [5.41, 5.74) is 1.02. The van der Waals surface area contributed by atoms with Crippen LogP contribution in [0.4, 0.5) is 0 Å². The predicted molar refractivity (Wildman–Crippen MR) is 66.5 cm³/mol. The first-order valence-electron chi connectivity index (χ1n) is 4.42. The van der Waals surface area contributed by atoms with Gasteiger partial charge in [0.25, 0.3) is 0 Å². The van der Waals surface area contributed by atoms with E-state index in [1.54, 1.807) is 11.3 Å². The number of carbonyl (C=O) groups is 1. The molecule has 0 spiro atoms. The standard InChI is InChI=1S/C10H8ClNO2S2/c1-5-6(3-4-15-5)9-12-8(11)7(16-9)10(13)14-2/h3-4H,1-2H3. The molecule has 0 N–H and O–H groups in total. The number of thiazole rings is 1. The molecule has 0 aliphatic rings. The smallest absolute Gasteiger partial charge is 0.351 e. The highest BCUT2D eigenvalue weighted by Gasteiger charge is 2.19. The Morgan fingerprint density at radius 1 is 1.56 bits per heavy atom. The van der Waals surface area contributed by atoms with E-state index in [1.807, 2.05) is 18.4 Å². The van der Waals surface area contributed by atoms with Crippen molar-refractivity contribution in [1.82, 2.24) is 4.98 Å². The van der Waals surface area contributed by atoms with Gasteiger partial charge in [-0.3, -0.25) is 0 Å². The number of hydrogen-bond donors (Lipinski definition) is 0. The zero-order valence-electron chi connectivity index (χ0n) is 8.61. The lowest BCUT2D eigenvalue weighted by atomic mass is 10.3. The first-order chi connectivity index (χ1) is 7.63. The Bertz CT molecular complexity index is 533. The number of aromatic nitrogens is 1. The summed E-state index contributed by atoms with van der Waals surface area (Å²) in [6.07, 6.45) is 0. The zero-order chi connectivity index (χ0) is 11.7. The fraction of sp³-hybridized carbons (Fsp3) is 0.200. The Morgan fingerprint density at radius 3 is 2.88 bits per heavy atom. The molecule has 0 amide bonds. The predicted octanol–water partition coefficient (Wildman–Crippen LogP) is 3.62. The van der Waals surface area contributed by atoms with Gasteiger partial charge in [0.2, 0.25) is 0 Å². The number of thiophene rings is 1. The third kappa shape index (κ3) is 1.98. The van der Waals surface area contributed by atoms with Gasteiger partial charge < -0.3 is 4.74 Å². The molecule has 0 atom stereocenters. The van der Waals surface area contributed by atoms with Crippen molar-refractivity contribution < 1.29 is 9.53 Å². The number of ether oxygens (including phenoxy) is 1. The van der Waals surface area contributed by atoms with Crippen LogP contribution in [-0.2, 0) is 4.74 Å². The van der Waals surface area contributed by atoms with Crippen LogP contribution in [0, 0.1) is 6.92 Å². The minimum atomic E-state index is -0.443. The van der Waals surface area contributed by atoms with Crippen molar-refractivity contribution in [3.05, 3.63) is 26.4 Å². The fourth-order valence-corrected chi connectivity index (χ4v) is 3.29. The molecule has 0 saturated carbocycles. The molecule has 2 aromatic heterocycles. The Morgan fingerprint density at radius 2 is 2.31 bits per heavy atom. The average Bonchev–Trinajstić information content (AvgIpc) is 2.83. The molecule has 0 saturated heterocycles. The maximum Gasteiger partial charge on any atom is 0.351 e. The Kier molecular flexibility index (Phi) is 3.28. The molecule has 0 aliphatic carbocycles. The second kappa shape index (κ2) is 4.53. The van der Waals surface area contributed by atoms with Gasteiger partial charge in [-0.15, -0.1) is 22.7 Å². The van der Waals surface area contributed by atoms with Crippen LogP contribution in [0.2, 0.25) is 5.15 Å². The fourth-order valence-electron chi connectivity index (χ4n) is 1.24. The normalized spacial score (nSPS) is 10.4. The summed E-state index contributed by atoms with van der Waals surface area (Å²) in [6, 6.07) is 1.97. The van der Waals surface area contributed by atoms with Crippen LogP contribution in [-0.4, -0.2) is 18.1 Å². The van der Waals surface area contributed by atoms with E-state index in [9.17, 15) is 4.79 Å².